The summed E-state index contributed by atoms with van der Waals surface area (Å²) in [6.07, 6.45) is 2.57. The van der Waals surface area contributed by atoms with E-state index in [0.29, 0.717) is 19.6 Å². The number of hydrogen-bond donors (Lipinski definition) is 1. The molecule has 1 N–H and O–H groups in total. The number of benzene rings is 1. The topological polar surface area (TPSA) is 62.1 Å². The minimum atomic E-state index is -0.645. The molecule has 1 amide bonds. The van der Waals surface area contributed by atoms with Crippen LogP contribution in [-0.4, -0.2) is 25.7 Å². The van der Waals surface area contributed by atoms with Crippen molar-refractivity contribution >= 4 is 5.91 Å². The lowest BCUT2D eigenvalue weighted by Crippen LogP contribution is -2.33. The zero-order valence-electron chi connectivity index (χ0n) is 12.0. The molecule has 1 atom stereocenters. The molecule has 20 heavy (non-hydrogen) atoms. The average molecular weight is 274 g/mol. The number of rotatable bonds is 9. The maximum absolute atomic E-state index is 11.9. The lowest BCUT2D eigenvalue weighted by molar-refractivity contribution is -0.123. The van der Waals surface area contributed by atoms with E-state index in [-0.39, 0.29) is 5.91 Å². The number of unbranched alkanes of at least 4 members (excludes halogenated alkanes) is 1. The number of nitrogens with zero attached hydrogens (tertiary/aromatic N) is 1. The van der Waals surface area contributed by atoms with Crippen molar-refractivity contribution in [2.24, 2.45) is 5.92 Å². The molecule has 0 radical (unpaired) electrons. The number of nitrogens with one attached hydrogen (secondary N) is 1. The summed E-state index contributed by atoms with van der Waals surface area (Å²) in [5.74, 6) is -0.872. The van der Waals surface area contributed by atoms with Gasteiger partial charge in [-0.2, -0.15) is 5.26 Å². The van der Waals surface area contributed by atoms with Crippen molar-refractivity contribution in [3.05, 3.63) is 35.9 Å². The van der Waals surface area contributed by atoms with Gasteiger partial charge in [0.1, 0.15) is 5.92 Å². The number of nitriles is 1. The van der Waals surface area contributed by atoms with Gasteiger partial charge in [0.05, 0.1) is 12.7 Å². The quantitative estimate of drug-likeness (QED) is 0.703. The van der Waals surface area contributed by atoms with Gasteiger partial charge in [-0.15, -0.1) is 0 Å². The van der Waals surface area contributed by atoms with Crippen LogP contribution in [0.3, 0.4) is 0 Å². The van der Waals surface area contributed by atoms with Crippen molar-refractivity contribution in [2.45, 2.75) is 26.2 Å². The first-order valence-corrected chi connectivity index (χ1v) is 7.07. The van der Waals surface area contributed by atoms with Gasteiger partial charge in [-0.3, -0.25) is 4.79 Å². The standard InChI is InChI=1S/C16H22N2O2/c1-2-3-10-20-11-9-18-16(19)15(13-17)12-14-7-5-4-6-8-14/h4-8,15H,2-3,9-12H2,1H3,(H,18,19). The molecule has 0 saturated heterocycles. The Hall–Kier alpha value is -1.86. The lowest BCUT2D eigenvalue weighted by atomic mass is 10.00. The lowest BCUT2D eigenvalue weighted by Gasteiger charge is -2.10. The fourth-order valence-corrected chi connectivity index (χ4v) is 1.76. The van der Waals surface area contributed by atoms with Crippen LogP contribution in [0.15, 0.2) is 30.3 Å². The first-order valence-electron chi connectivity index (χ1n) is 7.07. The third-order valence-corrected chi connectivity index (χ3v) is 2.94. The Kier molecular flexibility index (Phi) is 8.09. The summed E-state index contributed by atoms with van der Waals surface area (Å²) < 4.78 is 5.36. The van der Waals surface area contributed by atoms with Crippen LogP contribution >= 0.6 is 0 Å². The van der Waals surface area contributed by atoms with E-state index in [2.05, 4.69) is 18.3 Å². The van der Waals surface area contributed by atoms with E-state index in [9.17, 15) is 4.79 Å². The minimum absolute atomic E-state index is 0.226. The molecule has 108 valence electrons. The summed E-state index contributed by atoms with van der Waals surface area (Å²) in [5, 5.41) is 11.8. The maximum Gasteiger partial charge on any atom is 0.237 e. The molecule has 0 heterocycles. The second-order valence-corrected chi connectivity index (χ2v) is 4.63. The minimum Gasteiger partial charge on any atom is -0.380 e. The molecule has 4 heteroatoms. The van der Waals surface area contributed by atoms with Gasteiger partial charge in [0.25, 0.3) is 0 Å². The Bertz CT molecular complexity index is 426. The number of carbonyl (C=O) groups is 1. The second kappa shape index (κ2) is 9.99. The predicted octanol–water partition coefficient (Wildman–Crippen LogP) is 2.30. The third kappa shape index (κ3) is 6.35. The van der Waals surface area contributed by atoms with E-state index < -0.39 is 5.92 Å². The molecule has 1 rings (SSSR count). The van der Waals surface area contributed by atoms with Gasteiger partial charge in [-0.25, -0.2) is 0 Å². The normalized spacial score (nSPS) is 11.6. The number of amides is 1. The van der Waals surface area contributed by atoms with Crippen molar-refractivity contribution in [1.82, 2.24) is 5.32 Å². The Morgan fingerprint density at radius 1 is 1.35 bits per heavy atom. The Balaban J connectivity index is 2.28. The van der Waals surface area contributed by atoms with Crippen molar-refractivity contribution in [2.75, 3.05) is 19.8 Å². The predicted molar refractivity (Wildman–Crippen MR) is 78.0 cm³/mol. The van der Waals surface area contributed by atoms with Crippen LogP contribution in [-0.2, 0) is 16.0 Å². The number of ether oxygens (including phenoxy) is 1. The summed E-state index contributed by atoms with van der Waals surface area (Å²) in [6, 6.07) is 11.6. The molecule has 0 bridgehead atoms. The summed E-state index contributed by atoms with van der Waals surface area (Å²) in [4.78, 5) is 11.9. The highest BCUT2D eigenvalue weighted by Gasteiger charge is 2.17. The van der Waals surface area contributed by atoms with Crippen molar-refractivity contribution in [3.8, 4) is 6.07 Å². The molecule has 4 nitrogen and oxygen atoms in total. The van der Waals surface area contributed by atoms with E-state index in [1.807, 2.05) is 30.3 Å². The Labute approximate surface area is 120 Å². The van der Waals surface area contributed by atoms with Gasteiger partial charge in [0, 0.05) is 13.2 Å². The zero-order chi connectivity index (χ0) is 14.6. The largest absolute Gasteiger partial charge is 0.380 e. The molecule has 0 aliphatic carbocycles. The monoisotopic (exact) mass is 274 g/mol. The van der Waals surface area contributed by atoms with E-state index >= 15 is 0 Å². The summed E-state index contributed by atoms with van der Waals surface area (Å²) in [5.41, 5.74) is 0.994. The van der Waals surface area contributed by atoms with Gasteiger partial charge in [0.2, 0.25) is 5.91 Å². The van der Waals surface area contributed by atoms with Gasteiger partial charge in [0.15, 0.2) is 0 Å². The molecular formula is C16H22N2O2. The van der Waals surface area contributed by atoms with Crippen LogP contribution in [0, 0.1) is 17.2 Å². The van der Waals surface area contributed by atoms with Crippen molar-refractivity contribution < 1.29 is 9.53 Å². The second-order valence-electron chi connectivity index (χ2n) is 4.63. The molecule has 0 fully saturated rings. The first kappa shape index (κ1) is 16.2. The van der Waals surface area contributed by atoms with Crippen molar-refractivity contribution in [3.63, 3.8) is 0 Å². The molecule has 0 aromatic heterocycles. The highest BCUT2D eigenvalue weighted by Crippen LogP contribution is 2.08. The van der Waals surface area contributed by atoms with Crippen LogP contribution in [0.2, 0.25) is 0 Å². The Morgan fingerprint density at radius 3 is 2.75 bits per heavy atom. The van der Waals surface area contributed by atoms with E-state index in [4.69, 9.17) is 10.00 Å². The fourth-order valence-electron chi connectivity index (χ4n) is 1.76. The van der Waals surface area contributed by atoms with Gasteiger partial charge in [-0.1, -0.05) is 43.7 Å². The fraction of sp³-hybridized carbons (Fsp3) is 0.500. The number of hydrogen-bond acceptors (Lipinski definition) is 3. The van der Waals surface area contributed by atoms with Gasteiger partial charge >= 0.3 is 0 Å². The van der Waals surface area contributed by atoms with Crippen LogP contribution in [0.5, 0.6) is 0 Å². The third-order valence-electron chi connectivity index (χ3n) is 2.94. The molecule has 1 unspecified atom stereocenters. The van der Waals surface area contributed by atoms with Crippen molar-refractivity contribution in [1.29, 1.82) is 5.26 Å². The van der Waals surface area contributed by atoms with E-state index in [1.165, 1.54) is 0 Å². The maximum atomic E-state index is 11.9. The average Bonchev–Trinajstić information content (AvgIpc) is 2.49. The highest BCUT2D eigenvalue weighted by molar-refractivity contribution is 5.81. The molecular weight excluding hydrogens is 252 g/mol. The molecule has 1 aromatic rings. The van der Waals surface area contributed by atoms with Gasteiger partial charge in [-0.05, 0) is 18.4 Å². The molecule has 0 saturated carbocycles. The van der Waals surface area contributed by atoms with Crippen LogP contribution in [0.4, 0.5) is 0 Å². The van der Waals surface area contributed by atoms with E-state index in [0.717, 1.165) is 25.0 Å². The SMILES string of the molecule is CCCCOCCNC(=O)C(C#N)Cc1ccccc1. The summed E-state index contributed by atoms with van der Waals surface area (Å²) in [6.45, 7) is 3.77. The highest BCUT2D eigenvalue weighted by atomic mass is 16.5. The molecule has 0 aliphatic rings. The Morgan fingerprint density at radius 2 is 2.10 bits per heavy atom. The smallest absolute Gasteiger partial charge is 0.237 e. The van der Waals surface area contributed by atoms with E-state index in [1.54, 1.807) is 0 Å². The van der Waals surface area contributed by atoms with Crippen LogP contribution in [0.25, 0.3) is 0 Å². The van der Waals surface area contributed by atoms with Crippen LogP contribution in [0.1, 0.15) is 25.3 Å². The zero-order valence-corrected chi connectivity index (χ0v) is 12.0. The molecule has 0 aliphatic heterocycles. The number of carbonyl (C=O) groups excluding carboxylic acids is 1. The van der Waals surface area contributed by atoms with Crippen LogP contribution < -0.4 is 5.32 Å². The molecule has 1 aromatic carbocycles. The van der Waals surface area contributed by atoms with Gasteiger partial charge < -0.3 is 10.1 Å². The molecule has 0 spiro atoms. The summed E-state index contributed by atoms with van der Waals surface area (Å²) >= 11 is 0. The first-order chi connectivity index (χ1) is 9.77. The summed E-state index contributed by atoms with van der Waals surface area (Å²) in [7, 11) is 0.